The summed E-state index contributed by atoms with van der Waals surface area (Å²) in [6, 6.07) is 9.10. The summed E-state index contributed by atoms with van der Waals surface area (Å²) in [5.41, 5.74) is 3.11. The van der Waals surface area contributed by atoms with E-state index >= 15 is 0 Å². The maximum atomic E-state index is 5.44. The molecule has 0 saturated carbocycles. The summed E-state index contributed by atoms with van der Waals surface area (Å²) >= 11 is 0. The molecule has 0 aliphatic carbocycles. The Morgan fingerprint density at radius 3 is 2.29 bits per heavy atom. The molecule has 1 heterocycles. The zero-order chi connectivity index (χ0) is 12.3. The highest BCUT2D eigenvalue weighted by Crippen LogP contribution is 2.36. The highest BCUT2D eigenvalue weighted by molar-refractivity contribution is 5.32. The Bertz CT molecular complexity index is 352. The van der Waals surface area contributed by atoms with E-state index in [0.717, 1.165) is 26.2 Å². The number of hydrogen-bond acceptors (Lipinski definition) is 2. The lowest BCUT2D eigenvalue weighted by Gasteiger charge is -2.42. The molecule has 0 amide bonds. The van der Waals surface area contributed by atoms with Gasteiger partial charge >= 0.3 is 0 Å². The number of nitrogens with one attached hydrogen (secondary N) is 1. The molecule has 0 aromatic heterocycles. The van der Waals surface area contributed by atoms with Crippen LogP contribution in [0.4, 0.5) is 0 Å². The van der Waals surface area contributed by atoms with E-state index in [4.69, 9.17) is 4.74 Å². The molecule has 17 heavy (non-hydrogen) atoms. The van der Waals surface area contributed by atoms with E-state index in [1.165, 1.54) is 11.1 Å². The van der Waals surface area contributed by atoms with Crippen molar-refractivity contribution in [3.05, 3.63) is 35.4 Å². The third-order valence-electron chi connectivity index (χ3n) is 3.80. The molecule has 1 aromatic carbocycles. The van der Waals surface area contributed by atoms with Crippen LogP contribution < -0.4 is 5.32 Å². The van der Waals surface area contributed by atoms with Gasteiger partial charge in [-0.25, -0.2) is 0 Å². The fourth-order valence-corrected chi connectivity index (χ4v) is 2.39. The predicted molar refractivity (Wildman–Crippen MR) is 71.6 cm³/mol. The Morgan fingerprint density at radius 2 is 1.88 bits per heavy atom. The van der Waals surface area contributed by atoms with Crippen LogP contribution in [-0.2, 0) is 10.2 Å². The lowest BCUT2D eigenvalue weighted by atomic mass is 9.75. The van der Waals surface area contributed by atoms with Gasteiger partial charge in [-0.05, 0) is 37.1 Å². The Labute approximate surface area is 104 Å². The van der Waals surface area contributed by atoms with E-state index in [1.807, 2.05) is 7.05 Å². The van der Waals surface area contributed by atoms with Crippen molar-refractivity contribution in [2.45, 2.75) is 31.6 Å². The normalized spacial score (nSPS) is 18.1. The summed E-state index contributed by atoms with van der Waals surface area (Å²) in [5, 5.41) is 3.24. The second kappa shape index (κ2) is 5.19. The molecule has 1 fully saturated rings. The Morgan fingerprint density at radius 1 is 1.24 bits per heavy atom. The van der Waals surface area contributed by atoms with Crippen LogP contribution in [0.2, 0.25) is 0 Å². The van der Waals surface area contributed by atoms with Crippen molar-refractivity contribution in [3.8, 4) is 0 Å². The largest absolute Gasteiger partial charge is 0.379 e. The molecule has 94 valence electrons. The number of rotatable bonds is 5. The standard InChI is InChI=1S/C15H23NO/c1-12(2)13-4-6-14(7-5-13)15(8-9-16-3)10-17-11-15/h4-7,12,16H,8-11H2,1-3H3. The average Bonchev–Trinajstić information content (AvgIpc) is 2.28. The lowest BCUT2D eigenvalue weighted by Crippen LogP contribution is -2.48. The van der Waals surface area contributed by atoms with Crippen LogP contribution in [0, 0.1) is 0 Å². The summed E-state index contributed by atoms with van der Waals surface area (Å²) in [6.07, 6.45) is 1.16. The van der Waals surface area contributed by atoms with Gasteiger partial charge in [-0.15, -0.1) is 0 Å². The Balaban J connectivity index is 2.14. The highest BCUT2D eigenvalue weighted by Gasteiger charge is 2.39. The van der Waals surface area contributed by atoms with Crippen LogP contribution in [0.5, 0.6) is 0 Å². The Hall–Kier alpha value is -0.860. The van der Waals surface area contributed by atoms with Crippen LogP contribution in [0.1, 0.15) is 37.3 Å². The van der Waals surface area contributed by atoms with Crippen molar-refractivity contribution in [1.29, 1.82) is 0 Å². The van der Waals surface area contributed by atoms with E-state index in [2.05, 4.69) is 43.4 Å². The smallest absolute Gasteiger partial charge is 0.0586 e. The van der Waals surface area contributed by atoms with Gasteiger partial charge in [-0.1, -0.05) is 38.1 Å². The quantitative estimate of drug-likeness (QED) is 0.844. The predicted octanol–water partition coefficient (Wildman–Crippen LogP) is 2.69. The SMILES string of the molecule is CNCCC1(c2ccc(C(C)C)cc2)COC1. The molecule has 0 atom stereocenters. The zero-order valence-electron chi connectivity index (χ0n) is 11.1. The van der Waals surface area contributed by atoms with Gasteiger partial charge in [-0.2, -0.15) is 0 Å². The minimum Gasteiger partial charge on any atom is -0.379 e. The Kier molecular flexibility index (Phi) is 3.85. The van der Waals surface area contributed by atoms with Gasteiger partial charge in [0.05, 0.1) is 13.2 Å². The van der Waals surface area contributed by atoms with E-state index in [9.17, 15) is 0 Å². The van der Waals surface area contributed by atoms with Crippen LogP contribution in [0.25, 0.3) is 0 Å². The molecular formula is C15H23NO. The van der Waals surface area contributed by atoms with Crippen molar-refractivity contribution in [1.82, 2.24) is 5.32 Å². The van der Waals surface area contributed by atoms with Crippen molar-refractivity contribution in [2.24, 2.45) is 0 Å². The molecule has 0 unspecified atom stereocenters. The highest BCUT2D eigenvalue weighted by atomic mass is 16.5. The molecule has 1 aliphatic heterocycles. The van der Waals surface area contributed by atoms with Crippen LogP contribution in [0.3, 0.4) is 0 Å². The molecule has 0 radical (unpaired) electrons. The average molecular weight is 233 g/mol. The first kappa shape index (κ1) is 12.6. The van der Waals surface area contributed by atoms with Gasteiger partial charge in [-0.3, -0.25) is 0 Å². The molecular weight excluding hydrogens is 210 g/mol. The first-order valence-corrected chi connectivity index (χ1v) is 6.51. The summed E-state index contributed by atoms with van der Waals surface area (Å²) in [5.74, 6) is 0.606. The van der Waals surface area contributed by atoms with Gasteiger partial charge < -0.3 is 10.1 Å². The maximum absolute atomic E-state index is 5.44. The number of ether oxygens (including phenoxy) is 1. The molecule has 1 N–H and O–H groups in total. The van der Waals surface area contributed by atoms with Crippen LogP contribution in [0.15, 0.2) is 24.3 Å². The maximum Gasteiger partial charge on any atom is 0.0586 e. The summed E-state index contributed by atoms with van der Waals surface area (Å²) in [7, 11) is 2.01. The number of hydrogen-bond donors (Lipinski definition) is 1. The third-order valence-corrected chi connectivity index (χ3v) is 3.80. The first-order valence-electron chi connectivity index (χ1n) is 6.51. The summed E-state index contributed by atoms with van der Waals surface area (Å²) in [6.45, 7) is 7.26. The summed E-state index contributed by atoms with van der Waals surface area (Å²) in [4.78, 5) is 0. The van der Waals surface area contributed by atoms with Crippen molar-refractivity contribution >= 4 is 0 Å². The monoisotopic (exact) mass is 233 g/mol. The second-order valence-electron chi connectivity index (χ2n) is 5.40. The van der Waals surface area contributed by atoms with Crippen molar-refractivity contribution in [2.75, 3.05) is 26.8 Å². The van der Waals surface area contributed by atoms with Crippen molar-refractivity contribution < 1.29 is 4.74 Å². The number of benzene rings is 1. The van der Waals surface area contributed by atoms with Gasteiger partial charge in [0.1, 0.15) is 0 Å². The molecule has 1 saturated heterocycles. The molecule has 1 aromatic rings. The molecule has 0 bridgehead atoms. The van der Waals surface area contributed by atoms with Gasteiger partial charge in [0.15, 0.2) is 0 Å². The van der Waals surface area contributed by atoms with Crippen LogP contribution in [-0.4, -0.2) is 26.8 Å². The van der Waals surface area contributed by atoms with E-state index < -0.39 is 0 Å². The molecule has 2 nitrogen and oxygen atoms in total. The fraction of sp³-hybridized carbons (Fsp3) is 0.600. The third kappa shape index (κ3) is 2.53. The fourth-order valence-electron chi connectivity index (χ4n) is 2.39. The molecule has 1 aliphatic rings. The zero-order valence-corrected chi connectivity index (χ0v) is 11.1. The van der Waals surface area contributed by atoms with E-state index in [-0.39, 0.29) is 5.41 Å². The minimum atomic E-state index is 0.262. The van der Waals surface area contributed by atoms with Gasteiger partial charge in [0.2, 0.25) is 0 Å². The molecule has 2 rings (SSSR count). The van der Waals surface area contributed by atoms with Gasteiger partial charge in [0, 0.05) is 5.41 Å². The first-order chi connectivity index (χ1) is 8.18. The second-order valence-corrected chi connectivity index (χ2v) is 5.40. The summed E-state index contributed by atoms with van der Waals surface area (Å²) < 4.78 is 5.44. The van der Waals surface area contributed by atoms with E-state index in [1.54, 1.807) is 0 Å². The molecule has 2 heteroatoms. The van der Waals surface area contributed by atoms with Crippen molar-refractivity contribution in [3.63, 3.8) is 0 Å². The molecule has 0 spiro atoms. The minimum absolute atomic E-state index is 0.262. The topological polar surface area (TPSA) is 21.3 Å². The lowest BCUT2D eigenvalue weighted by molar-refractivity contribution is -0.0638. The van der Waals surface area contributed by atoms with E-state index in [0.29, 0.717) is 5.92 Å². The van der Waals surface area contributed by atoms with Gasteiger partial charge in [0.25, 0.3) is 0 Å². The van der Waals surface area contributed by atoms with Crippen LogP contribution >= 0.6 is 0 Å².